The Morgan fingerprint density at radius 1 is 1.04 bits per heavy atom. The van der Waals surface area contributed by atoms with E-state index in [1.54, 1.807) is 0 Å². The Kier molecular flexibility index (Phi) is 5.48. The van der Waals surface area contributed by atoms with Crippen LogP contribution < -0.4 is 4.90 Å². The van der Waals surface area contributed by atoms with E-state index >= 15 is 0 Å². The zero-order chi connectivity index (χ0) is 19.7. The van der Waals surface area contributed by atoms with Crippen molar-refractivity contribution < 1.29 is 9.32 Å². The first-order valence-electron chi connectivity index (χ1n) is 9.64. The number of rotatable bonds is 4. The molecule has 0 spiro atoms. The summed E-state index contributed by atoms with van der Waals surface area (Å²) in [6, 6.07) is 2.02. The van der Waals surface area contributed by atoms with Gasteiger partial charge in [0.15, 0.2) is 5.76 Å². The van der Waals surface area contributed by atoms with E-state index in [1.165, 1.54) is 0 Å². The molecule has 27 heavy (non-hydrogen) atoms. The molecule has 3 rings (SSSR count). The Bertz CT molecular complexity index is 820. The van der Waals surface area contributed by atoms with Crippen molar-refractivity contribution in [1.29, 1.82) is 0 Å². The molecule has 1 amide bonds. The molecule has 0 saturated carbocycles. The van der Waals surface area contributed by atoms with E-state index in [0.29, 0.717) is 30.1 Å². The Morgan fingerprint density at radius 3 is 2.30 bits per heavy atom. The van der Waals surface area contributed by atoms with Gasteiger partial charge in [-0.3, -0.25) is 4.79 Å². The van der Waals surface area contributed by atoms with Gasteiger partial charge in [0.1, 0.15) is 17.2 Å². The highest BCUT2D eigenvalue weighted by molar-refractivity contribution is 5.96. The smallest absolute Gasteiger partial charge is 0.259 e. The summed E-state index contributed by atoms with van der Waals surface area (Å²) in [6.07, 6.45) is 0. The number of amides is 1. The van der Waals surface area contributed by atoms with Crippen LogP contribution in [0.2, 0.25) is 0 Å². The van der Waals surface area contributed by atoms with Crippen LogP contribution in [0.1, 0.15) is 72.9 Å². The van der Waals surface area contributed by atoms with E-state index in [9.17, 15) is 4.79 Å². The third-order valence-electron chi connectivity index (χ3n) is 4.89. The van der Waals surface area contributed by atoms with E-state index in [-0.39, 0.29) is 17.7 Å². The van der Waals surface area contributed by atoms with E-state index < -0.39 is 0 Å². The minimum atomic E-state index is 0.0128. The van der Waals surface area contributed by atoms with Crippen molar-refractivity contribution in [3.63, 3.8) is 0 Å². The summed E-state index contributed by atoms with van der Waals surface area (Å²) in [4.78, 5) is 26.4. The van der Waals surface area contributed by atoms with E-state index in [1.807, 2.05) is 38.7 Å². The van der Waals surface area contributed by atoms with Crippen LogP contribution in [-0.4, -0.2) is 52.1 Å². The molecule has 7 heteroatoms. The molecule has 0 aromatic carbocycles. The zero-order valence-corrected chi connectivity index (χ0v) is 17.1. The van der Waals surface area contributed by atoms with E-state index in [0.717, 1.165) is 30.4 Å². The van der Waals surface area contributed by atoms with Crippen LogP contribution in [0, 0.1) is 13.8 Å². The van der Waals surface area contributed by atoms with Crippen LogP contribution in [0.3, 0.4) is 0 Å². The maximum Gasteiger partial charge on any atom is 0.259 e. The Hall–Kier alpha value is -2.44. The van der Waals surface area contributed by atoms with Crippen LogP contribution in [0.15, 0.2) is 10.6 Å². The minimum Gasteiger partial charge on any atom is -0.360 e. The maximum atomic E-state index is 13.0. The molecule has 7 nitrogen and oxygen atoms in total. The van der Waals surface area contributed by atoms with Gasteiger partial charge in [-0.15, -0.1) is 0 Å². The number of piperazine rings is 1. The second-order valence-electron chi connectivity index (χ2n) is 7.82. The number of aromatic nitrogens is 3. The summed E-state index contributed by atoms with van der Waals surface area (Å²) in [7, 11) is 0. The fraction of sp³-hybridized carbons (Fsp3) is 0.600. The lowest BCUT2D eigenvalue weighted by Gasteiger charge is -2.35. The number of carbonyl (C=O) groups excluding carboxylic acids is 1. The summed E-state index contributed by atoms with van der Waals surface area (Å²) < 4.78 is 5.38. The van der Waals surface area contributed by atoms with Crippen LogP contribution in [0.4, 0.5) is 5.82 Å². The second-order valence-corrected chi connectivity index (χ2v) is 7.82. The highest BCUT2D eigenvalue weighted by atomic mass is 16.5. The molecule has 0 aliphatic carbocycles. The molecule has 0 unspecified atom stereocenters. The first-order valence-corrected chi connectivity index (χ1v) is 9.64. The van der Waals surface area contributed by atoms with Gasteiger partial charge in [0.25, 0.3) is 5.91 Å². The van der Waals surface area contributed by atoms with Gasteiger partial charge in [-0.05, 0) is 13.8 Å². The predicted octanol–water partition coefficient (Wildman–Crippen LogP) is 3.29. The van der Waals surface area contributed by atoms with Gasteiger partial charge < -0.3 is 14.3 Å². The Labute approximate surface area is 160 Å². The first-order chi connectivity index (χ1) is 12.8. The molecule has 1 aliphatic rings. The molecule has 146 valence electrons. The SMILES string of the molecule is Cc1cc(N2CCN(C(=O)c3c(C)noc3C(C)C)CC2)nc(C(C)C)n1. The highest BCUT2D eigenvalue weighted by Gasteiger charge is 2.29. The lowest BCUT2D eigenvalue weighted by atomic mass is 10.0. The third kappa shape index (κ3) is 3.96. The molecular weight excluding hydrogens is 342 g/mol. The summed E-state index contributed by atoms with van der Waals surface area (Å²) >= 11 is 0. The van der Waals surface area contributed by atoms with Gasteiger partial charge in [0.05, 0.1) is 5.69 Å². The molecule has 0 radical (unpaired) electrons. The fourth-order valence-corrected chi connectivity index (χ4v) is 3.33. The summed E-state index contributed by atoms with van der Waals surface area (Å²) in [5.41, 5.74) is 2.27. The maximum absolute atomic E-state index is 13.0. The van der Waals surface area contributed by atoms with Crippen LogP contribution in [0.5, 0.6) is 0 Å². The van der Waals surface area contributed by atoms with Crippen molar-refractivity contribution in [3.8, 4) is 0 Å². The highest BCUT2D eigenvalue weighted by Crippen LogP contribution is 2.25. The normalized spacial score (nSPS) is 15.1. The van der Waals surface area contributed by atoms with Gasteiger partial charge in [-0.2, -0.15) is 0 Å². The van der Waals surface area contributed by atoms with Crippen molar-refractivity contribution in [1.82, 2.24) is 20.0 Å². The lowest BCUT2D eigenvalue weighted by Crippen LogP contribution is -2.49. The molecule has 0 bridgehead atoms. The third-order valence-corrected chi connectivity index (χ3v) is 4.89. The van der Waals surface area contributed by atoms with Crippen molar-refractivity contribution in [3.05, 3.63) is 34.6 Å². The molecule has 0 atom stereocenters. The van der Waals surface area contributed by atoms with Gasteiger partial charge >= 0.3 is 0 Å². The quantitative estimate of drug-likeness (QED) is 0.821. The Balaban J connectivity index is 1.73. The van der Waals surface area contributed by atoms with Crippen molar-refractivity contribution in [2.24, 2.45) is 0 Å². The molecular formula is C20H29N5O2. The molecule has 1 saturated heterocycles. The van der Waals surface area contributed by atoms with Crippen LogP contribution in [0.25, 0.3) is 0 Å². The van der Waals surface area contributed by atoms with Crippen LogP contribution in [-0.2, 0) is 0 Å². The molecule has 2 aromatic rings. The largest absolute Gasteiger partial charge is 0.360 e. The number of hydrogen-bond donors (Lipinski definition) is 0. The van der Waals surface area contributed by atoms with Crippen molar-refractivity contribution in [2.75, 3.05) is 31.1 Å². The zero-order valence-electron chi connectivity index (χ0n) is 17.1. The summed E-state index contributed by atoms with van der Waals surface area (Å²) in [5.74, 6) is 2.92. The number of carbonyl (C=O) groups is 1. The Morgan fingerprint density at radius 2 is 1.70 bits per heavy atom. The van der Waals surface area contributed by atoms with Gasteiger partial charge in [-0.25, -0.2) is 9.97 Å². The number of nitrogens with zero attached hydrogens (tertiary/aromatic N) is 5. The fourth-order valence-electron chi connectivity index (χ4n) is 3.33. The molecule has 0 N–H and O–H groups in total. The molecule has 1 aliphatic heterocycles. The summed E-state index contributed by atoms with van der Waals surface area (Å²) in [5, 5.41) is 4.00. The van der Waals surface area contributed by atoms with Crippen LogP contribution >= 0.6 is 0 Å². The van der Waals surface area contributed by atoms with Crippen molar-refractivity contribution in [2.45, 2.75) is 53.4 Å². The molecule has 1 fully saturated rings. The number of anilines is 1. The lowest BCUT2D eigenvalue weighted by molar-refractivity contribution is 0.0743. The molecule has 3 heterocycles. The summed E-state index contributed by atoms with van der Waals surface area (Å²) in [6.45, 7) is 14.9. The van der Waals surface area contributed by atoms with Gasteiger partial charge in [0.2, 0.25) is 0 Å². The monoisotopic (exact) mass is 371 g/mol. The van der Waals surface area contributed by atoms with E-state index in [2.05, 4.69) is 28.9 Å². The average molecular weight is 371 g/mol. The van der Waals surface area contributed by atoms with Gasteiger partial charge in [0, 0.05) is 49.8 Å². The topological polar surface area (TPSA) is 75.4 Å². The molecule has 2 aromatic heterocycles. The van der Waals surface area contributed by atoms with Crippen molar-refractivity contribution >= 4 is 11.7 Å². The number of aryl methyl sites for hydroxylation is 2. The van der Waals surface area contributed by atoms with Gasteiger partial charge in [-0.1, -0.05) is 32.9 Å². The predicted molar refractivity (Wildman–Crippen MR) is 104 cm³/mol. The number of hydrogen-bond acceptors (Lipinski definition) is 6. The average Bonchev–Trinajstić information content (AvgIpc) is 3.02. The second kappa shape index (κ2) is 7.66. The minimum absolute atomic E-state index is 0.0128. The standard InChI is InChI=1S/C20H29N5O2/c1-12(2)18-17(15(6)23-27-18)20(26)25-9-7-24(8-10-25)16-11-14(5)21-19(22-16)13(3)4/h11-13H,7-10H2,1-6H3. The van der Waals surface area contributed by atoms with E-state index in [4.69, 9.17) is 9.51 Å². The first kappa shape index (κ1) is 19.3.